The van der Waals surface area contributed by atoms with E-state index in [0.717, 1.165) is 50.2 Å². The van der Waals surface area contributed by atoms with E-state index in [-0.39, 0.29) is 17.8 Å². The van der Waals surface area contributed by atoms with Crippen LogP contribution in [0.1, 0.15) is 48.5 Å². The van der Waals surface area contributed by atoms with Gasteiger partial charge in [0.15, 0.2) is 10.9 Å². The molecule has 0 N–H and O–H groups in total. The number of nitrogens with zero attached hydrogens (tertiary/aromatic N) is 4. The van der Waals surface area contributed by atoms with Crippen molar-refractivity contribution in [3.05, 3.63) is 46.6 Å². The molecule has 0 bridgehead atoms. The summed E-state index contributed by atoms with van der Waals surface area (Å²) in [5.41, 5.74) is 1.66. The lowest BCUT2D eigenvalue weighted by Crippen LogP contribution is -2.45. The molecular formula is C27H33ClN4O5S. The summed E-state index contributed by atoms with van der Waals surface area (Å²) in [6, 6.07) is 9.38. The quantitative estimate of drug-likeness (QED) is 0.214. The molecule has 1 spiro atoms. The predicted molar refractivity (Wildman–Crippen MR) is 144 cm³/mol. The summed E-state index contributed by atoms with van der Waals surface area (Å²) in [7, 11) is 0. The van der Waals surface area contributed by atoms with Gasteiger partial charge in [-0.3, -0.25) is 9.59 Å². The number of ether oxygens (including phenoxy) is 3. The zero-order chi connectivity index (χ0) is 26.5. The zero-order valence-corrected chi connectivity index (χ0v) is 23.1. The van der Waals surface area contributed by atoms with Gasteiger partial charge in [-0.2, -0.15) is 0 Å². The second-order valence-corrected chi connectivity index (χ2v) is 11.1. The second kappa shape index (κ2) is 12.2. The van der Waals surface area contributed by atoms with Crippen molar-refractivity contribution in [2.24, 2.45) is 5.92 Å². The maximum Gasteiger partial charge on any atom is 0.310 e. The van der Waals surface area contributed by atoms with Gasteiger partial charge in [-0.15, -0.1) is 0 Å². The van der Waals surface area contributed by atoms with Crippen molar-refractivity contribution in [3.8, 4) is 0 Å². The molecule has 1 amide bonds. The highest BCUT2D eigenvalue weighted by atomic mass is 35.5. The van der Waals surface area contributed by atoms with Gasteiger partial charge >= 0.3 is 5.97 Å². The maximum atomic E-state index is 13.0. The van der Waals surface area contributed by atoms with Crippen molar-refractivity contribution in [1.29, 1.82) is 0 Å². The van der Waals surface area contributed by atoms with E-state index in [4.69, 9.17) is 30.8 Å². The molecule has 3 fully saturated rings. The summed E-state index contributed by atoms with van der Waals surface area (Å²) in [6.07, 6.45) is 3.14. The number of carbonyl (C=O) groups excluding carboxylic acids is 2. The fourth-order valence-corrected chi connectivity index (χ4v) is 6.20. The number of thioether (sulfide) groups is 1. The minimum Gasteiger partial charge on any atom is -0.466 e. The number of carbonyl (C=O) groups is 2. The number of hydrogen-bond acceptors (Lipinski definition) is 9. The van der Waals surface area contributed by atoms with Gasteiger partial charge in [-0.1, -0.05) is 35.5 Å². The van der Waals surface area contributed by atoms with Crippen molar-refractivity contribution in [3.63, 3.8) is 0 Å². The smallest absolute Gasteiger partial charge is 0.310 e. The topological polar surface area (TPSA) is 94.1 Å². The Labute approximate surface area is 232 Å². The number of halogens is 1. The Morgan fingerprint density at radius 1 is 1.13 bits per heavy atom. The van der Waals surface area contributed by atoms with E-state index in [2.05, 4.69) is 9.88 Å². The molecule has 3 aliphatic rings. The van der Waals surface area contributed by atoms with Gasteiger partial charge < -0.3 is 24.0 Å². The Kier molecular flexibility index (Phi) is 8.72. The molecule has 3 saturated heterocycles. The standard InChI is InChI=1S/C27H33ClN4O5S/c1-2-35-25(34)21-4-3-11-32(17-21)24(33)20-7-5-19(6-8-20)18-38-26-29-22(28)16-23(30-26)31-12-9-27(10-13-31)36-14-15-37-27/h5-8,16,21H,2-4,9-15,17-18H2,1H3. The third-order valence-corrected chi connectivity index (χ3v) is 8.33. The minimum atomic E-state index is -0.435. The molecule has 11 heteroatoms. The molecule has 1 aromatic heterocycles. The highest BCUT2D eigenvalue weighted by Crippen LogP contribution is 2.34. The maximum absolute atomic E-state index is 13.0. The van der Waals surface area contributed by atoms with Crippen LogP contribution in [0.25, 0.3) is 0 Å². The lowest BCUT2D eigenvalue weighted by Gasteiger charge is -2.38. The summed E-state index contributed by atoms with van der Waals surface area (Å²) in [4.78, 5) is 38.3. The Morgan fingerprint density at radius 2 is 1.87 bits per heavy atom. The number of hydrogen-bond donors (Lipinski definition) is 0. The fraction of sp³-hybridized carbons (Fsp3) is 0.556. The Morgan fingerprint density at radius 3 is 2.58 bits per heavy atom. The van der Waals surface area contributed by atoms with Gasteiger partial charge in [0, 0.05) is 56.4 Å². The van der Waals surface area contributed by atoms with Crippen LogP contribution >= 0.6 is 23.4 Å². The lowest BCUT2D eigenvalue weighted by atomic mass is 9.97. The molecule has 9 nitrogen and oxygen atoms in total. The Balaban J connectivity index is 1.16. The number of benzene rings is 1. The molecule has 204 valence electrons. The van der Waals surface area contributed by atoms with E-state index in [1.165, 1.54) is 11.8 Å². The molecular weight excluding hydrogens is 528 g/mol. The first-order valence-electron chi connectivity index (χ1n) is 13.2. The molecule has 0 radical (unpaired) electrons. The number of rotatable bonds is 7. The van der Waals surface area contributed by atoms with E-state index in [1.807, 2.05) is 24.3 Å². The highest BCUT2D eigenvalue weighted by molar-refractivity contribution is 7.98. The van der Waals surface area contributed by atoms with E-state index in [0.29, 0.717) is 54.5 Å². The molecule has 1 aromatic carbocycles. The van der Waals surface area contributed by atoms with Crippen LogP contribution in [0.5, 0.6) is 0 Å². The summed E-state index contributed by atoms with van der Waals surface area (Å²) >= 11 is 7.84. The van der Waals surface area contributed by atoms with Crippen LogP contribution in [0.3, 0.4) is 0 Å². The summed E-state index contributed by atoms with van der Waals surface area (Å²) in [6.45, 7) is 6.09. The number of piperidine rings is 2. The summed E-state index contributed by atoms with van der Waals surface area (Å²) < 4.78 is 16.8. The molecule has 1 unspecified atom stereocenters. The average Bonchev–Trinajstić information content (AvgIpc) is 3.40. The number of esters is 1. The van der Waals surface area contributed by atoms with Crippen molar-refractivity contribution in [2.75, 3.05) is 50.9 Å². The number of aromatic nitrogens is 2. The van der Waals surface area contributed by atoms with Crippen LogP contribution in [-0.2, 0) is 24.8 Å². The van der Waals surface area contributed by atoms with Crippen LogP contribution in [0.2, 0.25) is 5.15 Å². The van der Waals surface area contributed by atoms with Crippen LogP contribution in [0, 0.1) is 5.92 Å². The molecule has 5 rings (SSSR count). The van der Waals surface area contributed by atoms with Crippen molar-refractivity contribution in [1.82, 2.24) is 14.9 Å². The Bertz CT molecular complexity index is 1130. The normalized spacial score (nSPS) is 21.1. The SMILES string of the molecule is CCOC(=O)C1CCCN(C(=O)c2ccc(CSc3nc(Cl)cc(N4CCC5(CC4)OCCO5)n3)cc2)C1. The number of amides is 1. The third kappa shape index (κ3) is 6.42. The predicted octanol–water partition coefficient (Wildman–Crippen LogP) is 4.18. The van der Waals surface area contributed by atoms with Crippen molar-refractivity contribution < 1.29 is 23.8 Å². The summed E-state index contributed by atoms with van der Waals surface area (Å²) in [5.74, 6) is 0.496. The molecule has 38 heavy (non-hydrogen) atoms. The third-order valence-electron chi connectivity index (χ3n) is 7.22. The van der Waals surface area contributed by atoms with E-state index >= 15 is 0 Å². The highest BCUT2D eigenvalue weighted by Gasteiger charge is 2.40. The molecule has 3 aliphatic heterocycles. The summed E-state index contributed by atoms with van der Waals surface area (Å²) in [5, 5.41) is 1.02. The van der Waals surface area contributed by atoms with Crippen molar-refractivity contribution in [2.45, 2.75) is 49.3 Å². The zero-order valence-electron chi connectivity index (χ0n) is 21.6. The van der Waals surface area contributed by atoms with Crippen LogP contribution < -0.4 is 4.90 Å². The lowest BCUT2D eigenvalue weighted by molar-refractivity contribution is -0.169. The first kappa shape index (κ1) is 27.2. The van der Waals surface area contributed by atoms with E-state index in [1.54, 1.807) is 17.9 Å². The van der Waals surface area contributed by atoms with Gasteiger partial charge in [-0.25, -0.2) is 9.97 Å². The Hall–Kier alpha value is -2.40. The van der Waals surface area contributed by atoms with Crippen LogP contribution in [0.15, 0.2) is 35.5 Å². The molecule has 2 aromatic rings. The average molecular weight is 561 g/mol. The minimum absolute atomic E-state index is 0.0577. The number of anilines is 1. The van der Waals surface area contributed by atoms with Crippen LogP contribution in [0.4, 0.5) is 5.82 Å². The largest absolute Gasteiger partial charge is 0.466 e. The van der Waals surface area contributed by atoms with Gasteiger partial charge in [0.1, 0.15) is 11.0 Å². The molecule has 1 atom stereocenters. The van der Waals surface area contributed by atoms with Gasteiger partial charge in [0.2, 0.25) is 0 Å². The molecule has 0 aliphatic carbocycles. The van der Waals surface area contributed by atoms with Crippen LogP contribution in [-0.4, -0.2) is 78.5 Å². The number of likely N-dealkylation sites (tertiary alicyclic amines) is 1. The molecule has 4 heterocycles. The fourth-order valence-electron chi connectivity index (χ4n) is 5.16. The second-order valence-electron chi connectivity index (χ2n) is 9.75. The first-order valence-corrected chi connectivity index (χ1v) is 14.6. The van der Waals surface area contributed by atoms with Crippen molar-refractivity contribution >= 4 is 41.1 Å². The van der Waals surface area contributed by atoms with Gasteiger partial charge in [0.25, 0.3) is 5.91 Å². The van der Waals surface area contributed by atoms with Gasteiger partial charge in [0.05, 0.1) is 25.7 Å². The van der Waals surface area contributed by atoms with E-state index < -0.39 is 5.79 Å². The van der Waals surface area contributed by atoms with E-state index in [9.17, 15) is 9.59 Å². The monoisotopic (exact) mass is 560 g/mol. The van der Waals surface area contributed by atoms with Gasteiger partial charge in [-0.05, 0) is 37.5 Å². The first-order chi connectivity index (χ1) is 18.4. The molecule has 0 saturated carbocycles.